The van der Waals surface area contributed by atoms with Crippen LogP contribution in [0.2, 0.25) is 5.02 Å². The molecule has 3 heterocycles. The highest BCUT2D eigenvalue weighted by Crippen LogP contribution is 2.51. The van der Waals surface area contributed by atoms with Gasteiger partial charge in [-0.15, -0.1) is 0 Å². The number of rotatable bonds is 4. The first-order valence-corrected chi connectivity index (χ1v) is 13.1. The molecular formula is C31H20ClN3O5. The van der Waals surface area contributed by atoms with Crippen LogP contribution in [0.25, 0.3) is 16.8 Å². The summed E-state index contributed by atoms with van der Waals surface area (Å²) < 4.78 is 0. The molecule has 3 aliphatic heterocycles. The number of fused-ring (bicyclic) bond motifs is 7. The summed E-state index contributed by atoms with van der Waals surface area (Å²) >= 11 is 6.36. The van der Waals surface area contributed by atoms with Crippen molar-refractivity contribution in [2.75, 3.05) is 9.80 Å². The number of ketones is 1. The average molecular weight is 550 g/mol. The Morgan fingerprint density at radius 1 is 0.850 bits per heavy atom. The van der Waals surface area contributed by atoms with Crippen molar-refractivity contribution in [3.8, 4) is 0 Å². The molecule has 0 unspecified atom stereocenters. The third-order valence-corrected chi connectivity index (χ3v) is 8.44. The highest BCUT2D eigenvalue weighted by molar-refractivity contribution is 6.36. The maximum Gasteiger partial charge on any atom is 0.271 e. The van der Waals surface area contributed by atoms with Crippen LogP contribution in [0.15, 0.2) is 91.0 Å². The Morgan fingerprint density at radius 2 is 1.57 bits per heavy atom. The third-order valence-electron chi connectivity index (χ3n) is 8.12. The number of halogens is 1. The number of amides is 2. The second kappa shape index (κ2) is 8.86. The van der Waals surface area contributed by atoms with Crippen LogP contribution in [0, 0.1) is 22.0 Å². The summed E-state index contributed by atoms with van der Waals surface area (Å²) in [5, 5.41) is 13.5. The van der Waals surface area contributed by atoms with Gasteiger partial charge in [0.05, 0.1) is 33.5 Å². The number of hydrogen-bond acceptors (Lipinski definition) is 6. The largest absolute Gasteiger partial charge is 0.352 e. The lowest BCUT2D eigenvalue weighted by Crippen LogP contribution is -2.48. The molecule has 0 saturated carbocycles. The molecule has 0 aliphatic carbocycles. The zero-order chi connectivity index (χ0) is 27.7. The molecule has 4 aromatic rings. The molecule has 0 radical (unpaired) electrons. The van der Waals surface area contributed by atoms with Gasteiger partial charge in [0.15, 0.2) is 5.78 Å². The summed E-state index contributed by atoms with van der Waals surface area (Å²) in [4.78, 5) is 56.0. The van der Waals surface area contributed by atoms with Gasteiger partial charge < -0.3 is 4.90 Å². The lowest BCUT2D eigenvalue weighted by Gasteiger charge is -2.37. The van der Waals surface area contributed by atoms with E-state index in [2.05, 4.69) is 0 Å². The van der Waals surface area contributed by atoms with E-state index < -0.39 is 40.7 Å². The predicted octanol–water partition coefficient (Wildman–Crippen LogP) is 5.67. The lowest BCUT2D eigenvalue weighted by molar-refractivity contribution is -0.384. The van der Waals surface area contributed by atoms with Gasteiger partial charge in [-0.05, 0) is 22.9 Å². The molecule has 2 fully saturated rings. The predicted molar refractivity (Wildman–Crippen MR) is 151 cm³/mol. The Hall–Kier alpha value is -4.82. The molecule has 3 aliphatic rings. The molecule has 0 N–H and O–H groups in total. The minimum Gasteiger partial charge on any atom is -0.352 e. The molecule has 0 spiro atoms. The Morgan fingerprint density at radius 3 is 2.35 bits per heavy atom. The zero-order valence-corrected chi connectivity index (χ0v) is 21.6. The van der Waals surface area contributed by atoms with E-state index in [0.29, 0.717) is 5.56 Å². The van der Waals surface area contributed by atoms with E-state index in [-0.39, 0.29) is 22.2 Å². The van der Waals surface area contributed by atoms with E-state index in [1.54, 1.807) is 30.3 Å². The highest BCUT2D eigenvalue weighted by Gasteiger charge is 2.64. The van der Waals surface area contributed by atoms with E-state index in [1.165, 1.54) is 12.1 Å². The van der Waals surface area contributed by atoms with Crippen molar-refractivity contribution in [2.45, 2.75) is 12.1 Å². The van der Waals surface area contributed by atoms with E-state index in [0.717, 1.165) is 33.0 Å². The summed E-state index contributed by atoms with van der Waals surface area (Å²) in [5.74, 6) is -3.30. The highest BCUT2D eigenvalue weighted by atomic mass is 35.5. The smallest absolute Gasteiger partial charge is 0.271 e. The van der Waals surface area contributed by atoms with E-state index >= 15 is 0 Å². The van der Waals surface area contributed by atoms with Crippen LogP contribution >= 0.6 is 11.6 Å². The number of imide groups is 1. The first-order chi connectivity index (χ1) is 19.4. The first-order valence-electron chi connectivity index (χ1n) is 12.8. The summed E-state index contributed by atoms with van der Waals surface area (Å²) in [5.41, 5.74) is 1.77. The molecule has 8 nitrogen and oxygen atoms in total. The number of non-ortho nitro benzene ring substituents is 1. The quantitative estimate of drug-likeness (QED) is 0.141. The maximum atomic E-state index is 14.2. The Balaban J connectivity index is 1.40. The first kappa shape index (κ1) is 24.2. The molecule has 4 aromatic carbocycles. The average Bonchev–Trinajstić information content (AvgIpc) is 3.45. The standard InChI is InChI=1S/C31H20ClN3O5/c32-22-13-11-19(35(39)40)16-25(22)34-30(37)26-24-15-12-21-20-9-5-4-6-17(20)10-14-23(21)33(24)28(27(26)31(34)38)29(36)18-7-2-1-3-8-18/h1-16,24,26-28H/t24-,26+,27-,28+/m1/s1. The fourth-order valence-electron chi connectivity index (χ4n) is 6.42. The minimum atomic E-state index is -1.01. The number of anilines is 2. The van der Waals surface area contributed by atoms with Crippen molar-refractivity contribution in [1.29, 1.82) is 0 Å². The Labute approximate surface area is 233 Å². The van der Waals surface area contributed by atoms with Gasteiger partial charge >= 0.3 is 0 Å². The van der Waals surface area contributed by atoms with E-state index in [9.17, 15) is 24.5 Å². The van der Waals surface area contributed by atoms with Gasteiger partial charge in [-0.2, -0.15) is 0 Å². The molecule has 40 heavy (non-hydrogen) atoms. The molecule has 0 aromatic heterocycles. The monoisotopic (exact) mass is 549 g/mol. The van der Waals surface area contributed by atoms with Crippen LogP contribution in [-0.4, -0.2) is 34.6 Å². The number of nitrogens with zero attached hydrogens (tertiary/aromatic N) is 3. The second-order valence-corrected chi connectivity index (χ2v) is 10.5. The van der Waals surface area contributed by atoms with Crippen molar-refractivity contribution in [3.63, 3.8) is 0 Å². The Bertz CT molecular complexity index is 1800. The van der Waals surface area contributed by atoms with Crippen LogP contribution in [0.3, 0.4) is 0 Å². The van der Waals surface area contributed by atoms with Gasteiger partial charge in [-0.25, -0.2) is 4.90 Å². The number of hydrogen-bond donors (Lipinski definition) is 0. The molecule has 7 rings (SSSR count). The minimum absolute atomic E-state index is 0.0334. The topological polar surface area (TPSA) is 101 Å². The van der Waals surface area contributed by atoms with Crippen molar-refractivity contribution in [3.05, 3.63) is 117 Å². The van der Waals surface area contributed by atoms with E-state index in [1.807, 2.05) is 53.5 Å². The molecular weight excluding hydrogens is 530 g/mol. The molecule has 2 saturated heterocycles. The second-order valence-electron chi connectivity index (χ2n) is 10.1. The molecule has 0 bridgehead atoms. The maximum absolute atomic E-state index is 14.2. The van der Waals surface area contributed by atoms with Crippen molar-refractivity contribution in [2.24, 2.45) is 11.8 Å². The summed E-state index contributed by atoms with van der Waals surface area (Å²) in [6.45, 7) is 0. The number of benzene rings is 4. The van der Waals surface area contributed by atoms with Gasteiger partial charge in [0, 0.05) is 28.9 Å². The van der Waals surface area contributed by atoms with Crippen LogP contribution in [-0.2, 0) is 9.59 Å². The number of Topliss-reactive ketones (excluding diaryl/α,β-unsaturated/α-hetero) is 1. The molecule has 9 heteroatoms. The van der Waals surface area contributed by atoms with Crippen molar-refractivity contribution >= 4 is 63.1 Å². The number of carbonyl (C=O) groups is 3. The van der Waals surface area contributed by atoms with Gasteiger partial charge in [-0.1, -0.05) is 84.4 Å². The molecule has 4 atom stereocenters. The van der Waals surface area contributed by atoms with Gasteiger partial charge in [0.1, 0.15) is 6.04 Å². The van der Waals surface area contributed by atoms with Gasteiger partial charge in [0.2, 0.25) is 11.8 Å². The van der Waals surface area contributed by atoms with Gasteiger partial charge in [-0.3, -0.25) is 24.5 Å². The zero-order valence-electron chi connectivity index (χ0n) is 20.8. The number of nitro groups is 1. The van der Waals surface area contributed by atoms with Crippen LogP contribution < -0.4 is 9.80 Å². The van der Waals surface area contributed by atoms with Crippen molar-refractivity contribution < 1.29 is 19.3 Å². The number of carbonyl (C=O) groups excluding carboxylic acids is 3. The SMILES string of the molecule is O=C(c1ccccc1)[C@@H]1[C@@H]2C(=O)N(c3cc([N+](=O)[O-])ccc3Cl)C(=O)[C@H]2[C@H]2C=Cc3c(ccc4ccccc34)N21. The van der Waals surface area contributed by atoms with Crippen LogP contribution in [0.5, 0.6) is 0 Å². The fraction of sp³-hybridized carbons (Fsp3) is 0.129. The summed E-state index contributed by atoms with van der Waals surface area (Å²) in [7, 11) is 0. The Kier molecular flexibility index (Phi) is 5.37. The third kappa shape index (κ3) is 3.36. The normalized spacial score (nSPS) is 22.8. The summed E-state index contributed by atoms with van der Waals surface area (Å²) in [6, 6.07) is 22.6. The fourth-order valence-corrected chi connectivity index (χ4v) is 6.63. The van der Waals surface area contributed by atoms with Gasteiger partial charge in [0.25, 0.3) is 5.69 Å². The van der Waals surface area contributed by atoms with Crippen LogP contribution in [0.1, 0.15) is 15.9 Å². The number of nitro benzene ring substituents is 1. The van der Waals surface area contributed by atoms with Crippen LogP contribution in [0.4, 0.5) is 17.1 Å². The van der Waals surface area contributed by atoms with Crippen molar-refractivity contribution in [1.82, 2.24) is 0 Å². The van der Waals surface area contributed by atoms with E-state index in [4.69, 9.17) is 11.6 Å². The molecule has 196 valence electrons. The molecule has 2 amide bonds. The summed E-state index contributed by atoms with van der Waals surface area (Å²) in [6.07, 6.45) is 3.83. The lowest BCUT2D eigenvalue weighted by atomic mass is 9.86.